The lowest BCUT2D eigenvalue weighted by molar-refractivity contribution is -0.142. The molecule has 1 aromatic heterocycles. The third-order valence-corrected chi connectivity index (χ3v) is 14.2. The van der Waals surface area contributed by atoms with Crippen molar-refractivity contribution in [2.24, 2.45) is 17.8 Å². The molecule has 2 saturated carbocycles. The number of alkyl halides is 2. The molecule has 1 aromatic carbocycles. The summed E-state index contributed by atoms with van der Waals surface area (Å²) in [7, 11) is -2.65. The molecule has 4 amide bonds. The Morgan fingerprint density at radius 3 is 2.53 bits per heavy atom. The summed E-state index contributed by atoms with van der Waals surface area (Å²) < 4.78 is 86.4. The average molecular weight is 836 g/mol. The van der Waals surface area contributed by atoms with E-state index in [1.807, 2.05) is 19.9 Å². The molecule has 3 heterocycles. The zero-order valence-corrected chi connectivity index (χ0v) is 34.3. The van der Waals surface area contributed by atoms with Gasteiger partial charge in [0, 0.05) is 17.7 Å². The Labute approximate surface area is 336 Å². The Kier molecular flexibility index (Phi) is 12.0. The number of ether oxygens (including phenoxy) is 3. The van der Waals surface area contributed by atoms with Crippen LogP contribution in [0.15, 0.2) is 36.5 Å². The highest BCUT2D eigenvalue weighted by Gasteiger charge is 2.63. The number of sulfonamides is 1. The molecule has 58 heavy (non-hydrogen) atoms. The number of nitrogens with one attached hydrogen (secondary N) is 3. The van der Waals surface area contributed by atoms with Crippen molar-refractivity contribution < 1.29 is 55.0 Å². The third kappa shape index (κ3) is 8.71. The van der Waals surface area contributed by atoms with Crippen LogP contribution in [0, 0.1) is 23.6 Å². The Hall–Kier alpha value is -4.61. The zero-order chi connectivity index (χ0) is 42.4. The van der Waals surface area contributed by atoms with E-state index in [-0.39, 0.29) is 36.6 Å². The number of fused-ring (bicyclic) bond motifs is 3. The number of nitrogens with zero attached hydrogens (tertiary/aromatic N) is 2. The first-order valence-electron chi connectivity index (χ1n) is 19.7. The number of alkyl carbamates (subject to hydrolysis) is 1. The number of hydrogen-bond donors (Lipinski definition) is 3. The van der Waals surface area contributed by atoms with E-state index in [1.165, 1.54) is 43.3 Å². The predicted molar refractivity (Wildman–Crippen MR) is 206 cm³/mol. The number of methoxy groups -OCH3 is 1. The van der Waals surface area contributed by atoms with Crippen molar-refractivity contribution in [3.63, 3.8) is 0 Å². The number of allylic oxidation sites excluding steroid dienone is 1. The molecule has 3 N–H and O–H groups in total. The fourth-order valence-electron chi connectivity index (χ4n) is 7.83. The highest BCUT2D eigenvalue weighted by atomic mass is 32.2. The fourth-order valence-corrected chi connectivity index (χ4v) is 9.15. The van der Waals surface area contributed by atoms with Gasteiger partial charge < -0.3 is 29.7 Å². The van der Waals surface area contributed by atoms with Gasteiger partial charge in [-0.05, 0) is 89.3 Å². The second kappa shape index (κ2) is 16.2. The van der Waals surface area contributed by atoms with E-state index >= 15 is 0 Å². The second-order valence-corrected chi connectivity index (χ2v) is 19.1. The van der Waals surface area contributed by atoms with Gasteiger partial charge in [-0.15, -0.1) is 0 Å². The lowest BCUT2D eigenvalue weighted by atomic mass is 9.85. The maximum atomic E-state index is 14.9. The van der Waals surface area contributed by atoms with Crippen LogP contribution < -0.4 is 24.8 Å². The van der Waals surface area contributed by atoms with Gasteiger partial charge in [-0.1, -0.05) is 32.4 Å². The first-order chi connectivity index (χ1) is 27.2. The third-order valence-electron chi connectivity index (χ3n) is 12.0. The van der Waals surface area contributed by atoms with Crippen molar-refractivity contribution in [2.75, 3.05) is 13.7 Å². The maximum absolute atomic E-state index is 14.9. The number of benzene rings is 1. The molecule has 1 saturated heterocycles. The molecule has 4 aliphatic rings. The van der Waals surface area contributed by atoms with Crippen LogP contribution in [0.25, 0.3) is 10.8 Å². The summed E-state index contributed by atoms with van der Waals surface area (Å²) in [6, 6.07) is 1.29. The number of rotatable bonds is 10. The summed E-state index contributed by atoms with van der Waals surface area (Å²) in [5.41, 5.74) is -3.83. The summed E-state index contributed by atoms with van der Waals surface area (Å²) in [5, 5.41) is 6.09. The van der Waals surface area contributed by atoms with Crippen molar-refractivity contribution >= 4 is 44.6 Å². The molecule has 3 fully saturated rings. The molecule has 18 heteroatoms. The van der Waals surface area contributed by atoms with Crippen LogP contribution in [0.3, 0.4) is 0 Å². The van der Waals surface area contributed by atoms with E-state index in [1.54, 1.807) is 6.08 Å². The van der Waals surface area contributed by atoms with E-state index in [0.29, 0.717) is 49.7 Å². The summed E-state index contributed by atoms with van der Waals surface area (Å²) in [6.07, 6.45) is 2.58. The van der Waals surface area contributed by atoms with Crippen LogP contribution in [0.4, 0.5) is 18.0 Å². The van der Waals surface area contributed by atoms with Gasteiger partial charge in [-0.3, -0.25) is 19.1 Å². The van der Waals surface area contributed by atoms with Gasteiger partial charge >= 0.3 is 6.09 Å². The number of halogens is 3. The molecule has 0 bridgehead atoms. The van der Waals surface area contributed by atoms with Gasteiger partial charge in [-0.25, -0.2) is 31.4 Å². The van der Waals surface area contributed by atoms with Gasteiger partial charge in [0.25, 0.3) is 12.3 Å². The van der Waals surface area contributed by atoms with E-state index < -0.39 is 92.0 Å². The van der Waals surface area contributed by atoms with Gasteiger partial charge in [0.15, 0.2) is 5.60 Å². The zero-order valence-electron chi connectivity index (χ0n) is 33.5. The molecule has 0 radical (unpaired) electrons. The molecule has 6 rings (SSSR count). The normalized spacial score (nSPS) is 29.2. The minimum atomic E-state index is -4.08. The molecular formula is C40H52F3N5O9S. The number of carbonyl (C=O) groups excluding carboxylic acids is 4. The molecule has 0 spiro atoms. The van der Waals surface area contributed by atoms with Crippen molar-refractivity contribution in [3.05, 3.63) is 42.4 Å². The first kappa shape index (κ1) is 43.0. The molecule has 0 unspecified atom stereocenters. The Bertz CT molecular complexity index is 2080. The Morgan fingerprint density at radius 1 is 1.16 bits per heavy atom. The first-order valence-corrected chi connectivity index (χ1v) is 21.1. The van der Waals surface area contributed by atoms with Gasteiger partial charge in [-0.2, -0.15) is 0 Å². The summed E-state index contributed by atoms with van der Waals surface area (Å²) in [6.45, 7) is 7.19. The smallest absolute Gasteiger partial charge is 0.408 e. The minimum absolute atomic E-state index is 0.00192. The van der Waals surface area contributed by atoms with Crippen molar-refractivity contribution in [1.82, 2.24) is 25.2 Å². The molecule has 2 aliphatic heterocycles. The lowest BCUT2D eigenvalue weighted by Crippen LogP contribution is -2.59. The molecule has 14 nitrogen and oxygen atoms in total. The molecule has 2 aliphatic carbocycles. The fraction of sp³-hybridized carbons (Fsp3) is 0.625. The van der Waals surface area contributed by atoms with Gasteiger partial charge in [0.1, 0.15) is 35.3 Å². The standard InChI is InChI=1S/C40H52F3N5O9S/c1-7-23-16-22(2)10-8-9-11-24-19-40(24,36(51)47-58(53,54)39(5)14-15-39)46-32(49)29-18-26(56-33-28-17-25(41)12-13-27(28)30(55-6)20-44-33)21-48(29)34(50)31(23)45-37(52)57-38(3,4)35(42)43/h9,11-13,17,20,22-24,26,29,31,35H,7-8,10,14-16,18-19,21H2,1-6H3,(H,45,52)(H,46,49)(H,47,51)/b11-9-/t22-,23+,24+,26+,29-,31-,40+/m0/s1. The largest absolute Gasteiger partial charge is 0.494 e. The maximum Gasteiger partial charge on any atom is 0.408 e. The number of pyridine rings is 1. The summed E-state index contributed by atoms with van der Waals surface area (Å²) in [5.74, 6) is -3.71. The van der Waals surface area contributed by atoms with Crippen LogP contribution in [0.5, 0.6) is 11.6 Å². The number of amides is 4. The van der Waals surface area contributed by atoms with Crippen molar-refractivity contribution in [2.45, 2.75) is 126 Å². The number of aromatic nitrogens is 1. The van der Waals surface area contributed by atoms with Crippen molar-refractivity contribution in [3.8, 4) is 11.6 Å². The molecular weight excluding hydrogens is 784 g/mol. The highest BCUT2D eigenvalue weighted by Crippen LogP contribution is 2.48. The molecule has 2 aromatic rings. The van der Waals surface area contributed by atoms with Crippen LogP contribution in [0.1, 0.15) is 86.0 Å². The lowest BCUT2D eigenvalue weighted by Gasteiger charge is -2.34. The van der Waals surface area contributed by atoms with E-state index in [2.05, 4.69) is 20.3 Å². The minimum Gasteiger partial charge on any atom is -0.494 e. The number of carbonyl (C=O) groups is 4. The number of hydrogen-bond acceptors (Lipinski definition) is 10. The quantitative estimate of drug-likeness (QED) is 0.271. The highest BCUT2D eigenvalue weighted by molar-refractivity contribution is 7.91. The Balaban J connectivity index is 1.38. The topological polar surface area (TPSA) is 182 Å². The van der Waals surface area contributed by atoms with Crippen LogP contribution in [-0.4, -0.2) is 96.3 Å². The second-order valence-electron chi connectivity index (χ2n) is 16.9. The van der Waals surface area contributed by atoms with Crippen molar-refractivity contribution in [1.29, 1.82) is 0 Å². The van der Waals surface area contributed by atoms with Gasteiger partial charge in [0.2, 0.25) is 27.7 Å². The Morgan fingerprint density at radius 2 is 1.88 bits per heavy atom. The molecule has 318 valence electrons. The SMILES string of the molecule is CC[C@@H]1C[C@@H](C)CC/C=C\[C@@H]2C[C@@]2(C(=O)NS(=O)(=O)C2(C)CC2)NC(=O)[C@@H]2C[C@@H](Oc3ncc(OC)c4ccc(F)cc34)CN2C(=O)[C@H]1NC(=O)OC(C)(C)C(F)F. The van der Waals surface area contributed by atoms with Crippen LogP contribution in [0.2, 0.25) is 0 Å². The van der Waals surface area contributed by atoms with E-state index in [9.17, 15) is 40.8 Å². The average Bonchev–Trinajstić information content (AvgIpc) is 4.04. The van der Waals surface area contributed by atoms with E-state index in [4.69, 9.17) is 14.2 Å². The predicted octanol–water partition coefficient (Wildman–Crippen LogP) is 5.15. The van der Waals surface area contributed by atoms with Crippen LogP contribution in [-0.2, 0) is 29.1 Å². The van der Waals surface area contributed by atoms with Crippen LogP contribution >= 0.6 is 0 Å². The molecule has 7 atom stereocenters. The van der Waals surface area contributed by atoms with E-state index in [0.717, 1.165) is 13.8 Å². The summed E-state index contributed by atoms with van der Waals surface area (Å²) >= 11 is 0. The summed E-state index contributed by atoms with van der Waals surface area (Å²) in [4.78, 5) is 62.2. The van der Waals surface area contributed by atoms with Gasteiger partial charge in [0.05, 0.1) is 30.0 Å². The monoisotopic (exact) mass is 835 g/mol.